The number of benzene rings is 1. The second kappa shape index (κ2) is 7.80. The topological polar surface area (TPSA) is 84.9 Å². The minimum atomic E-state index is -3.82. The minimum absolute atomic E-state index is 0.187. The quantitative estimate of drug-likeness (QED) is 0.520. The van der Waals surface area contributed by atoms with Crippen molar-refractivity contribution in [1.29, 1.82) is 0 Å². The maximum atomic E-state index is 12.1. The van der Waals surface area contributed by atoms with Crippen LogP contribution in [0.1, 0.15) is 6.92 Å². The van der Waals surface area contributed by atoms with Crippen molar-refractivity contribution in [1.82, 2.24) is 4.72 Å². The maximum absolute atomic E-state index is 12.1. The van der Waals surface area contributed by atoms with Crippen LogP contribution >= 0.6 is 22.6 Å². The first kappa shape index (κ1) is 18.0. The SMILES string of the molecule is CCOC(=O)CN(c1ccc(OC)c(I)c1)S(=O)(=O)NC. The van der Waals surface area contributed by atoms with E-state index in [-0.39, 0.29) is 6.61 Å². The van der Waals surface area contributed by atoms with Crippen LogP contribution in [0.25, 0.3) is 0 Å². The molecule has 0 atom stereocenters. The minimum Gasteiger partial charge on any atom is -0.496 e. The molecule has 1 aromatic carbocycles. The van der Waals surface area contributed by atoms with E-state index in [0.29, 0.717) is 11.4 Å². The van der Waals surface area contributed by atoms with Crippen LogP contribution in [-0.2, 0) is 19.7 Å². The average molecular weight is 428 g/mol. The molecule has 0 aromatic heterocycles. The predicted octanol–water partition coefficient (Wildman–Crippen LogP) is 1.13. The molecule has 0 amide bonds. The van der Waals surface area contributed by atoms with Crippen molar-refractivity contribution in [2.75, 3.05) is 31.6 Å². The first-order valence-electron chi connectivity index (χ1n) is 6.06. The lowest BCUT2D eigenvalue weighted by atomic mass is 10.3. The number of nitrogens with zero attached hydrogens (tertiary/aromatic N) is 1. The highest BCUT2D eigenvalue weighted by atomic mass is 127. The number of carbonyl (C=O) groups is 1. The van der Waals surface area contributed by atoms with Gasteiger partial charge in [-0.25, -0.2) is 9.03 Å². The van der Waals surface area contributed by atoms with E-state index in [1.165, 1.54) is 14.2 Å². The van der Waals surface area contributed by atoms with Crippen LogP contribution in [0.3, 0.4) is 0 Å². The first-order valence-corrected chi connectivity index (χ1v) is 8.58. The van der Waals surface area contributed by atoms with E-state index in [1.54, 1.807) is 25.1 Å². The molecular formula is C12H17IN2O5S. The van der Waals surface area contributed by atoms with Gasteiger partial charge in [0.2, 0.25) is 0 Å². The lowest BCUT2D eigenvalue weighted by Gasteiger charge is -2.23. The molecule has 1 rings (SSSR count). The van der Waals surface area contributed by atoms with E-state index in [9.17, 15) is 13.2 Å². The van der Waals surface area contributed by atoms with Crippen molar-refractivity contribution in [2.24, 2.45) is 0 Å². The summed E-state index contributed by atoms with van der Waals surface area (Å²) in [5.41, 5.74) is 0.350. The van der Waals surface area contributed by atoms with Gasteiger partial charge < -0.3 is 9.47 Å². The zero-order chi connectivity index (χ0) is 16.0. The number of hydrogen-bond donors (Lipinski definition) is 1. The molecule has 118 valence electrons. The molecule has 1 N–H and O–H groups in total. The molecule has 0 aliphatic rings. The van der Waals surface area contributed by atoms with E-state index in [4.69, 9.17) is 9.47 Å². The fourth-order valence-electron chi connectivity index (χ4n) is 1.56. The van der Waals surface area contributed by atoms with Crippen molar-refractivity contribution >= 4 is 44.5 Å². The molecule has 9 heteroatoms. The zero-order valence-corrected chi connectivity index (χ0v) is 14.9. The number of rotatable bonds is 7. The molecule has 0 aliphatic carbocycles. The third-order valence-electron chi connectivity index (χ3n) is 2.55. The zero-order valence-electron chi connectivity index (χ0n) is 11.9. The number of carbonyl (C=O) groups excluding carboxylic acids is 1. The number of nitrogens with one attached hydrogen (secondary N) is 1. The summed E-state index contributed by atoms with van der Waals surface area (Å²) < 4.78 is 38.0. The highest BCUT2D eigenvalue weighted by Gasteiger charge is 2.24. The van der Waals surface area contributed by atoms with Gasteiger partial charge in [0, 0.05) is 7.05 Å². The summed E-state index contributed by atoms with van der Waals surface area (Å²) in [6, 6.07) is 4.82. The standard InChI is InChI=1S/C12H17IN2O5S/c1-4-20-12(16)8-15(21(17,18)14-2)9-5-6-11(19-3)10(13)7-9/h5-7,14H,4,8H2,1-3H3. The fourth-order valence-corrected chi connectivity index (χ4v) is 3.17. The molecule has 0 unspecified atom stereocenters. The van der Waals surface area contributed by atoms with Crippen molar-refractivity contribution < 1.29 is 22.7 Å². The van der Waals surface area contributed by atoms with Crippen molar-refractivity contribution in [2.45, 2.75) is 6.92 Å². The fraction of sp³-hybridized carbons (Fsp3) is 0.417. The van der Waals surface area contributed by atoms with E-state index >= 15 is 0 Å². The van der Waals surface area contributed by atoms with E-state index in [1.807, 2.05) is 22.6 Å². The normalized spacial score (nSPS) is 11.0. The van der Waals surface area contributed by atoms with Gasteiger partial charge in [-0.15, -0.1) is 0 Å². The van der Waals surface area contributed by atoms with Crippen molar-refractivity contribution in [3.05, 3.63) is 21.8 Å². The van der Waals surface area contributed by atoms with Gasteiger partial charge in [0.1, 0.15) is 12.3 Å². The monoisotopic (exact) mass is 428 g/mol. The summed E-state index contributed by atoms with van der Waals surface area (Å²) >= 11 is 2.03. The molecule has 0 fully saturated rings. The molecule has 0 saturated carbocycles. The van der Waals surface area contributed by atoms with Crippen LogP contribution in [0, 0.1) is 3.57 Å². The summed E-state index contributed by atoms with van der Waals surface area (Å²) in [5, 5.41) is 0. The third kappa shape index (κ3) is 4.71. The van der Waals surface area contributed by atoms with Gasteiger partial charge in [0.15, 0.2) is 0 Å². The second-order valence-corrected chi connectivity index (χ2v) is 6.80. The largest absolute Gasteiger partial charge is 0.496 e. The molecule has 0 spiro atoms. The van der Waals surface area contributed by atoms with Gasteiger partial charge >= 0.3 is 16.2 Å². The Bertz CT molecular complexity index is 606. The molecule has 0 radical (unpaired) electrons. The molecule has 0 aliphatic heterocycles. The molecule has 21 heavy (non-hydrogen) atoms. The van der Waals surface area contributed by atoms with Gasteiger partial charge in [-0.3, -0.25) is 4.79 Å². The van der Waals surface area contributed by atoms with E-state index in [0.717, 1.165) is 7.88 Å². The maximum Gasteiger partial charge on any atom is 0.326 e. The summed E-state index contributed by atoms with van der Waals surface area (Å²) in [6.45, 7) is 1.44. The number of methoxy groups -OCH3 is 1. The van der Waals surface area contributed by atoms with Gasteiger partial charge in [-0.2, -0.15) is 8.42 Å². The number of hydrogen-bond acceptors (Lipinski definition) is 5. The van der Waals surface area contributed by atoms with Crippen molar-refractivity contribution in [3.63, 3.8) is 0 Å². The van der Waals surface area contributed by atoms with Crippen LogP contribution in [0.5, 0.6) is 5.75 Å². The molecule has 0 saturated heterocycles. The van der Waals surface area contributed by atoms with Crippen LogP contribution in [0.4, 0.5) is 5.69 Å². The van der Waals surface area contributed by atoms with Gasteiger partial charge in [0.25, 0.3) is 0 Å². The Labute approximate surface area is 137 Å². The molecule has 0 bridgehead atoms. The van der Waals surface area contributed by atoms with E-state index < -0.39 is 22.7 Å². The molecule has 0 heterocycles. The van der Waals surface area contributed by atoms with Gasteiger partial charge in [-0.1, -0.05) is 0 Å². The predicted molar refractivity (Wildman–Crippen MR) is 87.7 cm³/mol. The molecular weight excluding hydrogens is 411 g/mol. The lowest BCUT2D eigenvalue weighted by Crippen LogP contribution is -2.42. The van der Waals surface area contributed by atoms with Crippen LogP contribution in [0.15, 0.2) is 18.2 Å². The first-order chi connectivity index (χ1) is 9.85. The molecule has 1 aromatic rings. The highest BCUT2D eigenvalue weighted by Crippen LogP contribution is 2.27. The highest BCUT2D eigenvalue weighted by molar-refractivity contribution is 14.1. The Morgan fingerprint density at radius 2 is 2.10 bits per heavy atom. The Hall–Kier alpha value is -1.07. The smallest absolute Gasteiger partial charge is 0.326 e. The number of esters is 1. The van der Waals surface area contributed by atoms with Crippen LogP contribution < -0.4 is 13.8 Å². The molecule has 7 nitrogen and oxygen atoms in total. The van der Waals surface area contributed by atoms with Crippen LogP contribution in [0.2, 0.25) is 0 Å². The summed E-state index contributed by atoms with van der Waals surface area (Å²) in [5.74, 6) is -0.000517. The Morgan fingerprint density at radius 1 is 1.43 bits per heavy atom. The number of ether oxygens (including phenoxy) is 2. The van der Waals surface area contributed by atoms with Gasteiger partial charge in [0.05, 0.1) is 23.0 Å². The average Bonchev–Trinajstić information content (AvgIpc) is 2.45. The third-order valence-corrected chi connectivity index (χ3v) is 4.83. The summed E-state index contributed by atoms with van der Waals surface area (Å²) in [6.07, 6.45) is 0. The van der Waals surface area contributed by atoms with Gasteiger partial charge in [-0.05, 0) is 47.7 Å². The van der Waals surface area contributed by atoms with E-state index in [2.05, 4.69) is 4.72 Å². The summed E-state index contributed by atoms with van der Waals surface area (Å²) in [4.78, 5) is 11.6. The number of anilines is 1. The Balaban J connectivity index is 3.18. The number of halogens is 1. The van der Waals surface area contributed by atoms with Crippen molar-refractivity contribution in [3.8, 4) is 5.75 Å². The Morgan fingerprint density at radius 3 is 2.57 bits per heavy atom. The summed E-state index contributed by atoms with van der Waals surface area (Å²) in [7, 11) is -1.02. The Kier molecular flexibility index (Phi) is 6.68. The second-order valence-electron chi connectivity index (χ2n) is 3.84. The lowest BCUT2D eigenvalue weighted by molar-refractivity contribution is -0.141. The van der Waals surface area contributed by atoms with Crippen LogP contribution in [-0.4, -0.2) is 41.7 Å².